The zero-order valence-corrected chi connectivity index (χ0v) is 10.6. The van der Waals surface area contributed by atoms with Gasteiger partial charge in [0, 0.05) is 24.4 Å². The molecule has 1 saturated carbocycles. The second-order valence-corrected chi connectivity index (χ2v) is 5.65. The van der Waals surface area contributed by atoms with Crippen LogP contribution in [0.4, 0.5) is 0 Å². The quantitative estimate of drug-likeness (QED) is 0.869. The van der Waals surface area contributed by atoms with Gasteiger partial charge in [-0.05, 0) is 44.7 Å². The van der Waals surface area contributed by atoms with Crippen LogP contribution in [0.1, 0.15) is 50.1 Å². The fraction of sp³-hybridized carbons (Fsp3) is 0.786. The summed E-state index contributed by atoms with van der Waals surface area (Å²) in [5.74, 6) is 1.64. The van der Waals surface area contributed by atoms with E-state index in [0.29, 0.717) is 0 Å². The fourth-order valence-corrected chi connectivity index (χ4v) is 3.41. The standard InChI is InChI=1S/C14H23N3/c1-2-4-12(3-1)10-17-11-16-9-14(17)13-5-7-15-8-6-13/h9,11-13,15H,1-8,10H2. The van der Waals surface area contributed by atoms with Gasteiger partial charge in [0.25, 0.3) is 0 Å². The molecule has 1 aliphatic heterocycles. The van der Waals surface area contributed by atoms with Crippen molar-refractivity contribution in [3.05, 3.63) is 18.2 Å². The van der Waals surface area contributed by atoms with Gasteiger partial charge in [0.05, 0.1) is 6.33 Å². The molecule has 1 saturated heterocycles. The largest absolute Gasteiger partial charge is 0.334 e. The van der Waals surface area contributed by atoms with Crippen molar-refractivity contribution < 1.29 is 0 Å². The first-order valence-corrected chi connectivity index (χ1v) is 7.14. The first-order valence-electron chi connectivity index (χ1n) is 7.14. The van der Waals surface area contributed by atoms with Crippen LogP contribution in [0.3, 0.4) is 0 Å². The summed E-state index contributed by atoms with van der Waals surface area (Å²) in [5.41, 5.74) is 1.48. The Bertz CT molecular complexity index is 346. The number of nitrogens with one attached hydrogen (secondary N) is 1. The Morgan fingerprint density at radius 3 is 2.71 bits per heavy atom. The first kappa shape index (κ1) is 11.3. The molecule has 1 aliphatic carbocycles. The number of hydrogen-bond donors (Lipinski definition) is 1. The average molecular weight is 233 g/mol. The van der Waals surface area contributed by atoms with Crippen LogP contribution in [0.25, 0.3) is 0 Å². The normalized spacial score (nSPS) is 23.3. The smallest absolute Gasteiger partial charge is 0.0948 e. The molecule has 3 rings (SSSR count). The lowest BCUT2D eigenvalue weighted by Crippen LogP contribution is -2.28. The number of hydrogen-bond acceptors (Lipinski definition) is 2. The molecule has 1 aromatic heterocycles. The summed E-state index contributed by atoms with van der Waals surface area (Å²) in [6, 6.07) is 0. The minimum absolute atomic E-state index is 0.736. The molecule has 0 bridgehead atoms. The monoisotopic (exact) mass is 233 g/mol. The van der Waals surface area contributed by atoms with Gasteiger partial charge in [0.15, 0.2) is 0 Å². The zero-order chi connectivity index (χ0) is 11.5. The highest BCUT2D eigenvalue weighted by molar-refractivity contribution is 5.08. The third-order valence-corrected chi connectivity index (χ3v) is 4.43. The molecule has 17 heavy (non-hydrogen) atoms. The maximum absolute atomic E-state index is 4.38. The molecule has 0 aromatic carbocycles. The lowest BCUT2D eigenvalue weighted by Gasteiger charge is -2.24. The van der Waals surface area contributed by atoms with Crippen LogP contribution in [0.15, 0.2) is 12.5 Å². The Hall–Kier alpha value is -0.830. The molecular weight excluding hydrogens is 210 g/mol. The maximum Gasteiger partial charge on any atom is 0.0948 e. The Morgan fingerprint density at radius 1 is 1.18 bits per heavy atom. The van der Waals surface area contributed by atoms with Crippen LogP contribution in [0.2, 0.25) is 0 Å². The minimum Gasteiger partial charge on any atom is -0.334 e. The van der Waals surface area contributed by atoms with E-state index in [4.69, 9.17) is 0 Å². The number of rotatable bonds is 3. The lowest BCUT2D eigenvalue weighted by molar-refractivity contribution is 0.406. The summed E-state index contributed by atoms with van der Waals surface area (Å²) < 4.78 is 2.44. The highest BCUT2D eigenvalue weighted by atomic mass is 15.1. The van der Waals surface area contributed by atoms with E-state index in [1.807, 2.05) is 0 Å². The molecule has 0 radical (unpaired) electrons. The summed E-state index contributed by atoms with van der Waals surface area (Å²) in [5, 5.41) is 3.44. The van der Waals surface area contributed by atoms with E-state index < -0.39 is 0 Å². The van der Waals surface area contributed by atoms with E-state index in [9.17, 15) is 0 Å². The van der Waals surface area contributed by atoms with Gasteiger partial charge in [-0.1, -0.05) is 12.8 Å². The summed E-state index contributed by atoms with van der Waals surface area (Å²) in [4.78, 5) is 4.38. The summed E-state index contributed by atoms with van der Waals surface area (Å²) in [6.07, 6.45) is 12.4. The third kappa shape index (κ3) is 2.54. The summed E-state index contributed by atoms with van der Waals surface area (Å²) >= 11 is 0. The van der Waals surface area contributed by atoms with Gasteiger partial charge < -0.3 is 9.88 Å². The van der Waals surface area contributed by atoms with Crippen molar-refractivity contribution in [3.8, 4) is 0 Å². The zero-order valence-electron chi connectivity index (χ0n) is 10.6. The minimum atomic E-state index is 0.736. The maximum atomic E-state index is 4.38. The van der Waals surface area contributed by atoms with Crippen molar-refractivity contribution in [3.63, 3.8) is 0 Å². The van der Waals surface area contributed by atoms with Gasteiger partial charge in [-0.25, -0.2) is 4.98 Å². The van der Waals surface area contributed by atoms with E-state index in [2.05, 4.69) is 27.4 Å². The summed E-state index contributed by atoms with van der Waals surface area (Å²) in [6.45, 7) is 3.54. The highest BCUT2D eigenvalue weighted by Gasteiger charge is 2.21. The molecule has 94 valence electrons. The number of nitrogens with zero attached hydrogens (tertiary/aromatic N) is 2. The van der Waals surface area contributed by atoms with Crippen molar-refractivity contribution in [1.29, 1.82) is 0 Å². The molecular formula is C14H23N3. The van der Waals surface area contributed by atoms with E-state index in [1.165, 1.54) is 63.9 Å². The molecule has 0 atom stereocenters. The second kappa shape index (κ2) is 5.21. The van der Waals surface area contributed by atoms with Gasteiger partial charge in [-0.2, -0.15) is 0 Å². The molecule has 2 fully saturated rings. The Balaban J connectivity index is 1.69. The van der Waals surface area contributed by atoms with Gasteiger partial charge in [0.1, 0.15) is 0 Å². The third-order valence-electron chi connectivity index (χ3n) is 4.43. The van der Waals surface area contributed by atoms with Crippen LogP contribution in [-0.4, -0.2) is 22.6 Å². The van der Waals surface area contributed by atoms with Gasteiger partial charge in [0.2, 0.25) is 0 Å². The Morgan fingerprint density at radius 2 is 1.94 bits per heavy atom. The Kier molecular flexibility index (Phi) is 3.46. The first-order chi connectivity index (χ1) is 8.43. The fourth-order valence-electron chi connectivity index (χ4n) is 3.41. The molecule has 0 unspecified atom stereocenters. The second-order valence-electron chi connectivity index (χ2n) is 5.65. The predicted octanol–water partition coefficient (Wildman–Crippen LogP) is 2.54. The van der Waals surface area contributed by atoms with Gasteiger partial charge in [-0.15, -0.1) is 0 Å². The number of piperidine rings is 1. The van der Waals surface area contributed by atoms with Crippen LogP contribution >= 0.6 is 0 Å². The van der Waals surface area contributed by atoms with Crippen LogP contribution in [0.5, 0.6) is 0 Å². The van der Waals surface area contributed by atoms with Crippen molar-refractivity contribution >= 4 is 0 Å². The van der Waals surface area contributed by atoms with Crippen LogP contribution < -0.4 is 5.32 Å². The van der Waals surface area contributed by atoms with Crippen molar-refractivity contribution in [2.75, 3.05) is 13.1 Å². The molecule has 1 aromatic rings. The van der Waals surface area contributed by atoms with E-state index in [1.54, 1.807) is 0 Å². The van der Waals surface area contributed by atoms with Crippen molar-refractivity contribution in [2.24, 2.45) is 5.92 Å². The van der Waals surface area contributed by atoms with Crippen LogP contribution in [0, 0.1) is 5.92 Å². The topological polar surface area (TPSA) is 29.9 Å². The molecule has 3 heteroatoms. The van der Waals surface area contributed by atoms with Gasteiger partial charge in [-0.3, -0.25) is 0 Å². The molecule has 1 N–H and O–H groups in total. The molecule has 2 aliphatic rings. The Labute approximate surface area is 104 Å². The highest BCUT2D eigenvalue weighted by Crippen LogP contribution is 2.29. The predicted molar refractivity (Wildman–Crippen MR) is 69.0 cm³/mol. The summed E-state index contributed by atoms with van der Waals surface area (Å²) in [7, 11) is 0. The molecule has 0 amide bonds. The lowest BCUT2D eigenvalue weighted by atomic mass is 9.94. The van der Waals surface area contributed by atoms with Gasteiger partial charge >= 0.3 is 0 Å². The number of aromatic nitrogens is 2. The van der Waals surface area contributed by atoms with Crippen LogP contribution in [-0.2, 0) is 6.54 Å². The van der Waals surface area contributed by atoms with E-state index in [-0.39, 0.29) is 0 Å². The SMILES string of the molecule is c1ncn(CC2CCCC2)c1C1CCNCC1. The van der Waals surface area contributed by atoms with Crippen molar-refractivity contribution in [1.82, 2.24) is 14.9 Å². The number of imidazole rings is 1. The van der Waals surface area contributed by atoms with Crippen molar-refractivity contribution in [2.45, 2.75) is 51.0 Å². The average Bonchev–Trinajstić information content (AvgIpc) is 3.02. The molecule has 3 nitrogen and oxygen atoms in total. The van der Waals surface area contributed by atoms with E-state index in [0.717, 1.165) is 11.8 Å². The molecule has 2 heterocycles. The molecule has 0 spiro atoms. The van der Waals surface area contributed by atoms with E-state index >= 15 is 0 Å².